The SMILES string of the molecule is COc1ccc(O)c(C(=O)Nc2ccc(Br)cc2N)c1. The first kappa shape index (κ1) is 14.2. The van der Waals surface area contributed by atoms with Crippen LogP contribution < -0.4 is 15.8 Å². The number of nitrogen functional groups attached to an aromatic ring is 1. The van der Waals surface area contributed by atoms with Crippen LogP contribution in [0.25, 0.3) is 0 Å². The fourth-order valence-electron chi connectivity index (χ4n) is 1.66. The molecule has 0 saturated heterocycles. The molecule has 4 N–H and O–H groups in total. The van der Waals surface area contributed by atoms with Crippen molar-refractivity contribution < 1.29 is 14.6 Å². The number of carbonyl (C=O) groups excluding carboxylic acids is 1. The smallest absolute Gasteiger partial charge is 0.259 e. The number of hydrogen-bond acceptors (Lipinski definition) is 4. The fraction of sp³-hybridized carbons (Fsp3) is 0.0714. The summed E-state index contributed by atoms with van der Waals surface area (Å²) in [7, 11) is 1.49. The lowest BCUT2D eigenvalue weighted by Crippen LogP contribution is -2.13. The molecule has 0 heterocycles. The van der Waals surface area contributed by atoms with Crippen LogP contribution in [-0.4, -0.2) is 18.1 Å². The Kier molecular flexibility index (Phi) is 4.14. The maximum Gasteiger partial charge on any atom is 0.259 e. The van der Waals surface area contributed by atoms with E-state index in [9.17, 15) is 9.90 Å². The number of ether oxygens (including phenoxy) is 1. The van der Waals surface area contributed by atoms with E-state index in [4.69, 9.17) is 10.5 Å². The molecule has 20 heavy (non-hydrogen) atoms. The van der Waals surface area contributed by atoms with Crippen molar-refractivity contribution in [3.63, 3.8) is 0 Å². The Morgan fingerprint density at radius 3 is 2.70 bits per heavy atom. The summed E-state index contributed by atoms with van der Waals surface area (Å²) in [6.45, 7) is 0. The van der Waals surface area contributed by atoms with Crippen LogP contribution in [0.1, 0.15) is 10.4 Å². The number of nitrogens with two attached hydrogens (primary N) is 1. The average Bonchev–Trinajstić information content (AvgIpc) is 2.42. The molecule has 0 spiro atoms. The minimum atomic E-state index is -0.463. The maximum absolute atomic E-state index is 12.1. The number of phenols is 1. The van der Waals surface area contributed by atoms with Crippen molar-refractivity contribution in [2.24, 2.45) is 0 Å². The van der Waals surface area contributed by atoms with Gasteiger partial charge in [0.05, 0.1) is 24.0 Å². The van der Waals surface area contributed by atoms with Crippen LogP contribution in [0.3, 0.4) is 0 Å². The molecule has 0 radical (unpaired) electrons. The Morgan fingerprint density at radius 2 is 2.05 bits per heavy atom. The number of amides is 1. The third kappa shape index (κ3) is 3.03. The number of benzene rings is 2. The van der Waals surface area contributed by atoms with Crippen LogP contribution in [0.15, 0.2) is 40.9 Å². The van der Waals surface area contributed by atoms with Gasteiger partial charge in [-0.3, -0.25) is 4.79 Å². The van der Waals surface area contributed by atoms with Gasteiger partial charge in [-0.05, 0) is 36.4 Å². The van der Waals surface area contributed by atoms with E-state index in [0.29, 0.717) is 17.1 Å². The van der Waals surface area contributed by atoms with E-state index < -0.39 is 5.91 Å². The van der Waals surface area contributed by atoms with Gasteiger partial charge in [0.25, 0.3) is 5.91 Å². The number of phenolic OH excluding ortho intramolecular Hbond substituents is 1. The third-order valence-corrected chi connectivity index (χ3v) is 3.20. The largest absolute Gasteiger partial charge is 0.507 e. The van der Waals surface area contributed by atoms with E-state index in [-0.39, 0.29) is 11.3 Å². The van der Waals surface area contributed by atoms with E-state index in [2.05, 4.69) is 21.2 Å². The summed E-state index contributed by atoms with van der Waals surface area (Å²) in [5, 5.41) is 12.4. The van der Waals surface area contributed by atoms with Gasteiger partial charge in [-0.25, -0.2) is 0 Å². The van der Waals surface area contributed by atoms with Crippen molar-refractivity contribution in [3.05, 3.63) is 46.4 Å². The number of aromatic hydroxyl groups is 1. The Morgan fingerprint density at radius 1 is 1.30 bits per heavy atom. The Labute approximate surface area is 124 Å². The summed E-state index contributed by atoms with van der Waals surface area (Å²) in [4.78, 5) is 12.1. The van der Waals surface area contributed by atoms with Gasteiger partial charge in [0.1, 0.15) is 11.5 Å². The second-order valence-electron chi connectivity index (χ2n) is 4.07. The molecule has 0 fully saturated rings. The topological polar surface area (TPSA) is 84.6 Å². The predicted molar refractivity (Wildman–Crippen MR) is 81.2 cm³/mol. The highest BCUT2D eigenvalue weighted by atomic mass is 79.9. The molecule has 0 atom stereocenters. The molecule has 1 amide bonds. The number of halogens is 1. The highest BCUT2D eigenvalue weighted by Crippen LogP contribution is 2.26. The Bertz CT molecular complexity index is 659. The number of anilines is 2. The van der Waals surface area contributed by atoms with Gasteiger partial charge in [0.15, 0.2) is 0 Å². The normalized spacial score (nSPS) is 10.1. The van der Waals surface area contributed by atoms with Crippen LogP contribution in [0.4, 0.5) is 11.4 Å². The zero-order valence-electron chi connectivity index (χ0n) is 10.7. The summed E-state index contributed by atoms with van der Waals surface area (Å²) >= 11 is 3.29. The number of methoxy groups -OCH3 is 1. The fourth-order valence-corrected chi connectivity index (χ4v) is 2.04. The van der Waals surface area contributed by atoms with E-state index in [0.717, 1.165) is 4.47 Å². The van der Waals surface area contributed by atoms with Gasteiger partial charge < -0.3 is 20.9 Å². The van der Waals surface area contributed by atoms with E-state index in [1.165, 1.54) is 19.2 Å². The Hall–Kier alpha value is -2.21. The molecule has 0 saturated carbocycles. The first-order chi connectivity index (χ1) is 9.51. The zero-order valence-corrected chi connectivity index (χ0v) is 12.3. The van der Waals surface area contributed by atoms with E-state index >= 15 is 0 Å². The molecule has 0 bridgehead atoms. The number of hydrogen-bond donors (Lipinski definition) is 3. The maximum atomic E-state index is 12.1. The molecule has 0 aliphatic carbocycles. The molecular formula is C14H13BrN2O3. The highest BCUT2D eigenvalue weighted by molar-refractivity contribution is 9.10. The third-order valence-electron chi connectivity index (χ3n) is 2.71. The van der Waals surface area contributed by atoms with Crippen LogP contribution in [-0.2, 0) is 0 Å². The van der Waals surface area contributed by atoms with Crippen molar-refractivity contribution in [1.29, 1.82) is 0 Å². The van der Waals surface area contributed by atoms with Gasteiger partial charge in [-0.2, -0.15) is 0 Å². The number of rotatable bonds is 3. The second-order valence-corrected chi connectivity index (χ2v) is 4.98. The van der Waals surface area contributed by atoms with Crippen molar-refractivity contribution in [2.45, 2.75) is 0 Å². The molecule has 6 heteroatoms. The average molecular weight is 337 g/mol. The molecule has 0 aliphatic heterocycles. The molecule has 0 aromatic heterocycles. The molecule has 0 aliphatic rings. The molecule has 2 aromatic rings. The lowest BCUT2D eigenvalue weighted by atomic mass is 10.1. The van der Waals surface area contributed by atoms with Gasteiger partial charge in [-0.1, -0.05) is 15.9 Å². The van der Waals surface area contributed by atoms with Crippen LogP contribution in [0.2, 0.25) is 0 Å². The van der Waals surface area contributed by atoms with Gasteiger partial charge in [0, 0.05) is 4.47 Å². The molecule has 2 aromatic carbocycles. The zero-order chi connectivity index (χ0) is 14.7. The first-order valence-corrected chi connectivity index (χ1v) is 6.54. The predicted octanol–water partition coefficient (Wildman–Crippen LogP) is 3.00. The summed E-state index contributed by atoms with van der Waals surface area (Å²) in [5.74, 6) is -0.105. The molecule has 5 nitrogen and oxygen atoms in total. The minimum absolute atomic E-state index is 0.117. The van der Waals surface area contributed by atoms with Gasteiger partial charge >= 0.3 is 0 Å². The molecule has 2 rings (SSSR count). The van der Waals surface area contributed by atoms with Crippen LogP contribution in [0, 0.1) is 0 Å². The quantitative estimate of drug-likeness (QED) is 0.752. The lowest BCUT2D eigenvalue weighted by Gasteiger charge is -2.10. The minimum Gasteiger partial charge on any atom is -0.507 e. The molecule has 104 valence electrons. The lowest BCUT2D eigenvalue weighted by molar-refractivity contribution is 0.102. The van der Waals surface area contributed by atoms with E-state index in [1.807, 2.05) is 0 Å². The van der Waals surface area contributed by atoms with Gasteiger partial charge in [-0.15, -0.1) is 0 Å². The van der Waals surface area contributed by atoms with Crippen molar-refractivity contribution >= 4 is 33.2 Å². The summed E-state index contributed by atoms with van der Waals surface area (Å²) in [6, 6.07) is 9.55. The van der Waals surface area contributed by atoms with Crippen molar-refractivity contribution in [1.82, 2.24) is 0 Å². The summed E-state index contributed by atoms with van der Waals surface area (Å²) < 4.78 is 5.84. The van der Waals surface area contributed by atoms with Crippen LogP contribution in [0.5, 0.6) is 11.5 Å². The second kappa shape index (κ2) is 5.83. The van der Waals surface area contributed by atoms with Gasteiger partial charge in [0.2, 0.25) is 0 Å². The monoisotopic (exact) mass is 336 g/mol. The van der Waals surface area contributed by atoms with Crippen molar-refractivity contribution in [3.8, 4) is 11.5 Å². The van der Waals surface area contributed by atoms with Crippen molar-refractivity contribution in [2.75, 3.05) is 18.2 Å². The standard InChI is InChI=1S/C14H13BrN2O3/c1-20-9-3-5-13(18)10(7-9)14(19)17-12-4-2-8(15)6-11(12)16/h2-7,18H,16H2,1H3,(H,17,19). The first-order valence-electron chi connectivity index (χ1n) is 5.74. The number of carbonyl (C=O) groups is 1. The molecular weight excluding hydrogens is 324 g/mol. The summed E-state index contributed by atoms with van der Waals surface area (Å²) in [6.07, 6.45) is 0. The summed E-state index contributed by atoms with van der Waals surface area (Å²) in [5.41, 5.74) is 6.83. The van der Waals surface area contributed by atoms with Crippen LogP contribution >= 0.6 is 15.9 Å². The van der Waals surface area contributed by atoms with E-state index in [1.54, 1.807) is 24.3 Å². The highest BCUT2D eigenvalue weighted by Gasteiger charge is 2.13. The molecule has 0 unspecified atom stereocenters. The Balaban J connectivity index is 2.28. The number of nitrogens with one attached hydrogen (secondary N) is 1.